The number of fused-ring (bicyclic) bond motifs is 1. The highest BCUT2D eigenvalue weighted by atomic mass is 16.6. The predicted octanol–water partition coefficient (Wildman–Crippen LogP) is 2.27. The van der Waals surface area contributed by atoms with Crippen molar-refractivity contribution in [2.24, 2.45) is 5.92 Å². The summed E-state index contributed by atoms with van der Waals surface area (Å²) in [6, 6.07) is 6.23. The van der Waals surface area contributed by atoms with E-state index in [4.69, 9.17) is 9.47 Å². The summed E-state index contributed by atoms with van der Waals surface area (Å²) >= 11 is 0. The van der Waals surface area contributed by atoms with Gasteiger partial charge in [0, 0.05) is 12.6 Å². The van der Waals surface area contributed by atoms with E-state index in [9.17, 15) is 5.11 Å². The zero-order chi connectivity index (χ0) is 13.9. The van der Waals surface area contributed by atoms with Crippen LogP contribution in [0.4, 0.5) is 0 Å². The Kier molecular flexibility index (Phi) is 4.13. The molecule has 20 heavy (non-hydrogen) atoms. The minimum Gasteiger partial charge on any atom is -0.486 e. The standard InChI is InChI=1S/C16H23NO3/c1-11-2-4-13(8-11)17-10-14(18)12-3-5-15-16(9-12)20-7-6-19-15/h3,5,9,11,13-14,17-18H,2,4,6-8,10H2,1H3. The minimum absolute atomic E-state index is 0.498. The largest absolute Gasteiger partial charge is 0.486 e. The normalized spacial score (nSPS) is 26.5. The summed E-state index contributed by atoms with van der Waals surface area (Å²) in [5.74, 6) is 2.31. The van der Waals surface area contributed by atoms with Gasteiger partial charge in [0.15, 0.2) is 11.5 Å². The van der Waals surface area contributed by atoms with Crippen LogP contribution in [0.3, 0.4) is 0 Å². The molecule has 1 aliphatic carbocycles. The van der Waals surface area contributed by atoms with Crippen molar-refractivity contribution in [2.45, 2.75) is 38.3 Å². The van der Waals surface area contributed by atoms with Crippen molar-refractivity contribution in [3.05, 3.63) is 23.8 Å². The van der Waals surface area contributed by atoms with Gasteiger partial charge in [-0.2, -0.15) is 0 Å². The Balaban J connectivity index is 1.58. The fourth-order valence-corrected chi connectivity index (χ4v) is 3.06. The lowest BCUT2D eigenvalue weighted by Gasteiger charge is -2.21. The molecule has 0 radical (unpaired) electrons. The number of ether oxygens (including phenoxy) is 2. The maximum atomic E-state index is 10.3. The quantitative estimate of drug-likeness (QED) is 0.886. The van der Waals surface area contributed by atoms with Crippen molar-refractivity contribution in [1.82, 2.24) is 5.32 Å². The first-order valence-electron chi connectivity index (χ1n) is 7.53. The molecule has 4 nitrogen and oxygen atoms in total. The average Bonchev–Trinajstić information content (AvgIpc) is 2.90. The second kappa shape index (κ2) is 6.02. The van der Waals surface area contributed by atoms with Crippen LogP contribution in [0.1, 0.15) is 37.9 Å². The summed E-state index contributed by atoms with van der Waals surface area (Å²) in [4.78, 5) is 0. The molecule has 0 amide bonds. The third kappa shape index (κ3) is 3.07. The van der Waals surface area contributed by atoms with Crippen LogP contribution in [0, 0.1) is 5.92 Å². The minimum atomic E-state index is -0.498. The Morgan fingerprint density at radius 3 is 2.80 bits per heavy atom. The second-order valence-corrected chi connectivity index (χ2v) is 5.94. The lowest BCUT2D eigenvalue weighted by atomic mass is 10.1. The Morgan fingerprint density at radius 1 is 1.25 bits per heavy atom. The number of hydrogen-bond acceptors (Lipinski definition) is 4. The molecule has 0 aromatic heterocycles. The van der Waals surface area contributed by atoms with Crippen LogP contribution in [0.2, 0.25) is 0 Å². The second-order valence-electron chi connectivity index (χ2n) is 5.94. The maximum absolute atomic E-state index is 10.3. The van der Waals surface area contributed by atoms with Crippen LogP contribution in [0.5, 0.6) is 11.5 Å². The lowest BCUT2D eigenvalue weighted by molar-refractivity contribution is 0.161. The third-order valence-electron chi connectivity index (χ3n) is 4.25. The van der Waals surface area contributed by atoms with Crippen molar-refractivity contribution in [1.29, 1.82) is 0 Å². The van der Waals surface area contributed by atoms with Gasteiger partial charge in [-0.15, -0.1) is 0 Å². The van der Waals surface area contributed by atoms with Crippen molar-refractivity contribution >= 4 is 0 Å². The van der Waals surface area contributed by atoms with Gasteiger partial charge in [0.25, 0.3) is 0 Å². The zero-order valence-corrected chi connectivity index (χ0v) is 12.0. The van der Waals surface area contributed by atoms with Crippen LogP contribution >= 0.6 is 0 Å². The van der Waals surface area contributed by atoms with E-state index >= 15 is 0 Å². The van der Waals surface area contributed by atoms with Gasteiger partial charge in [-0.05, 0) is 42.9 Å². The van der Waals surface area contributed by atoms with E-state index in [1.54, 1.807) is 0 Å². The molecule has 2 aliphatic rings. The molecule has 1 fully saturated rings. The first kappa shape index (κ1) is 13.7. The van der Waals surface area contributed by atoms with Gasteiger partial charge in [0.05, 0.1) is 6.10 Å². The van der Waals surface area contributed by atoms with Crippen molar-refractivity contribution < 1.29 is 14.6 Å². The third-order valence-corrected chi connectivity index (χ3v) is 4.25. The van der Waals surface area contributed by atoms with Crippen LogP contribution in [0.15, 0.2) is 18.2 Å². The van der Waals surface area contributed by atoms with Crippen molar-refractivity contribution in [3.63, 3.8) is 0 Å². The number of aliphatic hydroxyl groups is 1. The van der Waals surface area contributed by atoms with E-state index in [1.165, 1.54) is 19.3 Å². The molecule has 3 rings (SSSR count). The molecule has 4 heteroatoms. The van der Waals surface area contributed by atoms with Gasteiger partial charge < -0.3 is 19.9 Å². The SMILES string of the molecule is CC1CCC(NCC(O)c2ccc3c(c2)OCCO3)C1. The van der Waals surface area contributed by atoms with E-state index in [0.29, 0.717) is 25.8 Å². The Morgan fingerprint density at radius 2 is 2.05 bits per heavy atom. The summed E-state index contributed by atoms with van der Waals surface area (Å²) in [6.07, 6.45) is 3.22. The summed E-state index contributed by atoms with van der Waals surface area (Å²) in [7, 11) is 0. The van der Waals surface area contributed by atoms with Gasteiger partial charge in [0.1, 0.15) is 13.2 Å². The maximum Gasteiger partial charge on any atom is 0.161 e. The first-order chi connectivity index (χ1) is 9.72. The van der Waals surface area contributed by atoms with E-state index in [2.05, 4.69) is 12.2 Å². The molecule has 2 N–H and O–H groups in total. The van der Waals surface area contributed by atoms with Crippen LogP contribution in [-0.2, 0) is 0 Å². The number of benzene rings is 1. The molecular weight excluding hydrogens is 254 g/mol. The van der Waals surface area contributed by atoms with Gasteiger partial charge in [-0.1, -0.05) is 13.0 Å². The van der Waals surface area contributed by atoms with Crippen LogP contribution in [-0.4, -0.2) is 30.9 Å². The van der Waals surface area contributed by atoms with Crippen LogP contribution in [0.25, 0.3) is 0 Å². The van der Waals surface area contributed by atoms with E-state index < -0.39 is 6.10 Å². The van der Waals surface area contributed by atoms with Crippen molar-refractivity contribution in [2.75, 3.05) is 19.8 Å². The first-order valence-corrected chi connectivity index (χ1v) is 7.53. The summed E-state index contributed by atoms with van der Waals surface area (Å²) in [6.45, 7) is 4.05. The monoisotopic (exact) mass is 277 g/mol. The summed E-state index contributed by atoms with van der Waals surface area (Å²) < 4.78 is 11.0. The molecule has 1 saturated carbocycles. The van der Waals surface area contributed by atoms with E-state index in [-0.39, 0.29) is 0 Å². The molecule has 1 aromatic carbocycles. The molecular formula is C16H23NO3. The molecule has 110 valence electrons. The number of aliphatic hydroxyl groups excluding tert-OH is 1. The van der Waals surface area contributed by atoms with Crippen LogP contribution < -0.4 is 14.8 Å². The molecule has 0 saturated heterocycles. The molecule has 1 aliphatic heterocycles. The predicted molar refractivity (Wildman–Crippen MR) is 77.2 cm³/mol. The van der Waals surface area contributed by atoms with Gasteiger partial charge >= 0.3 is 0 Å². The molecule has 0 bridgehead atoms. The fraction of sp³-hybridized carbons (Fsp3) is 0.625. The highest BCUT2D eigenvalue weighted by Crippen LogP contribution is 2.32. The summed E-state index contributed by atoms with van der Waals surface area (Å²) in [5.41, 5.74) is 0.882. The summed E-state index contributed by atoms with van der Waals surface area (Å²) in [5, 5.41) is 13.8. The molecule has 1 heterocycles. The Bertz CT molecular complexity index is 463. The molecule has 3 atom stereocenters. The highest BCUT2D eigenvalue weighted by Gasteiger charge is 2.22. The number of nitrogens with one attached hydrogen (secondary N) is 1. The molecule has 1 aromatic rings. The smallest absolute Gasteiger partial charge is 0.161 e. The Hall–Kier alpha value is -1.26. The lowest BCUT2D eigenvalue weighted by Crippen LogP contribution is -2.30. The topological polar surface area (TPSA) is 50.7 Å². The highest BCUT2D eigenvalue weighted by molar-refractivity contribution is 5.44. The van der Waals surface area contributed by atoms with E-state index in [1.807, 2.05) is 18.2 Å². The number of rotatable bonds is 4. The fourth-order valence-electron chi connectivity index (χ4n) is 3.06. The zero-order valence-electron chi connectivity index (χ0n) is 12.0. The molecule has 3 unspecified atom stereocenters. The molecule has 0 spiro atoms. The Labute approximate surface area is 120 Å². The van der Waals surface area contributed by atoms with Gasteiger partial charge in [0.2, 0.25) is 0 Å². The average molecular weight is 277 g/mol. The van der Waals surface area contributed by atoms with Crippen molar-refractivity contribution in [3.8, 4) is 11.5 Å². The van der Waals surface area contributed by atoms with Gasteiger partial charge in [-0.3, -0.25) is 0 Å². The van der Waals surface area contributed by atoms with E-state index in [0.717, 1.165) is 23.0 Å². The van der Waals surface area contributed by atoms with Gasteiger partial charge in [-0.25, -0.2) is 0 Å². The number of hydrogen-bond donors (Lipinski definition) is 2.